The van der Waals surface area contributed by atoms with E-state index in [0.717, 1.165) is 4.90 Å². The maximum Gasteiger partial charge on any atom is 0.305 e. The van der Waals surface area contributed by atoms with E-state index in [9.17, 15) is 14.7 Å². The monoisotopic (exact) mass is 375 g/mol. The van der Waals surface area contributed by atoms with Gasteiger partial charge in [0.2, 0.25) is 0 Å². The van der Waals surface area contributed by atoms with Crippen LogP contribution in [0.3, 0.4) is 0 Å². The molecular weight excluding hydrogens is 354 g/mol. The van der Waals surface area contributed by atoms with Crippen molar-refractivity contribution in [1.29, 1.82) is 0 Å². The molecule has 2 aromatic rings. The van der Waals surface area contributed by atoms with Gasteiger partial charge in [-0.3, -0.25) is 9.59 Å². The third-order valence-electron chi connectivity index (χ3n) is 3.85. The molecule has 0 spiro atoms. The molecule has 0 aliphatic rings. The lowest BCUT2D eigenvalue weighted by atomic mass is 10.0. The number of benzene rings is 2. The van der Waals surface area contributed by atoms with Gasteiger partial charge in [0.05, 0.1) is 32.2 Å². The maximum atomic E-state index is 12.7. The van der Waals surface area contributed by atoms with Crippen LogP contribution >= 0.6 is 11.8 Å². The molecule has 6 nitrogen and oxygen atoms in total. The Kier molecular flexibility index (Phi) is 6.91. The smallest absolute Gasteiger partial charge is 0.305 e. The van der Waals surface area contributed by atoms with Crippen LogP contribution in [0.2, 0.25) is 0 Å². The molecule has 0 heterocycles. The fraction of sp³-hybridized carbons (Fsp3) is 0.263. The Bertz CT molecular complexity index is 793. The van der Waals surface area contributed by atoms with E-state index in [1.54, 1.807) is 30.3 Å². The summed E-state index contributed by atoms with van der Waals surface area (Å²) in [5.74, 6) is -0.331. The first-order chi connectivity index (χ1) is 12.5. The lowest BCUT2D eigenvalue weighted by Gasteiger charge is -2.20. The normalized spacial score (nSPS) is 11.5. The van der Waals surface area contributed by atoms with E-state index in [-0.39, 0.29) is 12.3 Å². The third-order valence-corrected chi connectivity index (χ3v) is 4.64. The summed E-state index contributed by atoms with van der Waals surface area (Å²) in [5.41, 5.74) is 1.14. The molecule has 138 valence electrons. The number of nitrogens with one attached hydrogen (secondary N) is 1. The first-order valence-corrected chi connectivity index (χ1v) is 9.10. The molecule has 0 aromatic heterocycles. The average Bonchev–Trinajstić information content (AvgIpc) is 2.66. The summed E-state index contributed by atoms with van der Waals surface area (Å²) in [5, 5.41) is 12.1. The van der Waals surface area contributed by atoms with Gasteiger partial charge in [0.15, 0.2) is 11.5 Å². The molecule has 1 unspecified atom stereocenters. The molecule has 2 N–H and O–H groups in total. The van der Waals surface area contributed by atoms with Gasteiger partial charge >= 0.3 is 5.97 Å². The highest BCUT2D eigenvalue weighted by Gasteiger charge is 2.21. The summed E-state index contributed by atoms with van der Waals surface area (Å²) in [6.45, 7) is 0. The van der Waals surface area contributed by atoms with Crippen LogP contribution in [-0.2, 0) is 4.79 Å². The molecule has 2 rings (SSSR count). The number of methoxy groups -OCH3 is 2. The minimum absolute atomic E-state index is 0.247. The van der Waals surface area contributed by atoms with E-state index in [0.29, 0.717) is 22.6 Å². The molecule has 0 bridgehead atoms. The first-order valence-electron chi connectivity index (χ1n) is 7.87. The molecule has 1 atom stereocenters. The molecule has 7 heteroatoms. The molecule has 0 saturated carbocycles. The van der Waals surface area contributed by atoms with Gasteiger partial charge < -0.3 is 19.9 Å². The van der Waals surface area contributed by atoms with Crippen molar-refractivity contribution in [2.24, 2.45) is 0 Å². The first kappa shape index (κ1) is 19.7. The van der Waals surface area contributed by atoms with E-state index < -0.39 is 12.0 Å². The predicted octanol–water partition coefficient (Wildman–Crippen LogP) is 3.37. The zero-order chi connectivity index (χ0) is 19.1. The van der Waals surface area contributed by atoms with Crippen molar-refractivity contribution in [1.82, 2.24) is 5.32 Å². The zero-order valence-electron chi connectivity index (χ0n) is 14.8. The van der Waals surface area contributed by atoms with Crippen LogP contribution < -0.4 is 14.8 Å². The van der Waals surface area contributed by atoms with E-state index >= 15 is 0 Å². The minimum atomic E-state index is -1.01. The van der Waals surface area contributed by atoms with Crippen LogP contribution in [0.5, 0.6) is 11.5 Å². The minimum Gasteiger partial charge on any atom is -0.493 e. The van der Waals surface area contributed by atoms with E-state index in [4.69, 9.17) is 9.47 Å². The number of carbonyl (C=O) groups is 2. The number of ether oxygens (including phenoxy) is 2. The Morgan fingerprint density at radius 2 is 1.81 bits per heavy atom. The van der Waals surface area contributed by atoms with Gasteiger partial charge in [-0.25, -0.2) is 0 Å². The van der Waals surface area contributed by atoms with Crippen LogP contribution in [0, 0.1) is 0 Å². The number of carboxylic acid groups (broad SMARTS) is 1. The number of carbonyl (C=O) groups excluding carboxylic acids is 1. The highest BCUT2D eigenvalue weighted by atomic mass is 32.2. The Labute approximate surface area is 156 Å². The fourth-order valence-corrected chi connectivity index (χ4v) is 3.16. The number of hydrogen-bond donors (Lipinski definition) is 2. The second-order valence-corrected chi connectivity index (χ2v) is 6.29. The van der Waals surface area contributed by atoms with Crippen molar-refractivity contribution >= 4 is 23.6 Å². The van der Waals surface area contributed by atoms with Crippen LogP contribution in [0.15, 0.2) is 47.4 Å². The van der Waals surface area contributed by atoms with Gasteiger partial charge in [0.1, 0.15) is 0 Å². The molecule has 0 radical (unpaired) electrons. The zero-order valence-corrected chi connectivity index (χ0v) is 15.6. The number of rotatable bonds is 8. The van der Waals surface area contributed by atoms with Crippen LogP contribution in [0.4, 0.5) is 0 Å². The average molecular weight is 375 g/mol. The standard InChI is InChI=1S/C19H21NO5S/c1-24-15-9-8-12(10-16(15)25-2)14(11-18(21)22)20-19(23)13-6-4-5-7-17(13)26-3/h4-10,14H,11H2,1-3H3,(H,20,23)(H,21,22). The van der Waals surface area contributed by atoms with Gasteiger partial charge in [-0.1, -0.05) is 18.2 Å². The summed E-state index contributed by atoms with van der Waals surface area (Å²) >= 11 is 1.46. The van der Waals surface area contributed by atoms with E-state index in [1.165, 1.54) is 26.0 Å². The Morgan fingerprint density at radius 1 is 1.12 bits per heavy atom. The quantitative estimate of drug-likeness (QED) is 0.688. The number of hydrogen-bond acceptors (Lipinski definition) is 5. The molecule has 1 amide bonds. The van der Waals surface area contributed by atoms with Gasteiger partial charge in [-0.15, -0.1) is 11.8 Å². The van der Waals surface area contributed by atoms with E-state index in [2.05, 4.69) is 5.32 Å². The summed E-state index contributed by atoms with van der Waals surface area (Å²) in [4.78, 5) is 24.8. The summed E-state index contributed by atoms with van der Waals surface area (Å²) < 4.78 is 10.5. The Hall–Kier alpha value is -2.67. The predicted molar refractivity (Wildman–Crippen MR) is 100 cm³/mol. The third kappa shape index (κ3) is 4.70. The Balaban J connectivity index is 2.33. The van der Waals surface area contributed by atoms with Gasteiger partial charge in [0, 0.05) is 4.90 Å². The second-order valence-electron chi connectivity index (χ2n) is 5.44. The summed E-state index contributed by atoms with van der Waals surface area (Å²) in [6, 6.07) is 11.6. The number of amides is 1. The van der Waals surface area contributed by atoms with Crippen molar-refractivity contribution < 1.29 is 24.2 Å². The molecule has 0 aliphatic heterocycles. The highest BCUT2D eigenvalue weighted by molar-refractivity contribution is 7.98. The van der Waals surface area contributed by atoms with Gasteiger partial charge in [-0.05, 0) is 36.1 Å². The lowest BCUT2D eigenvalue weighted by molar-refractivity contribution is -0.137. The Morgan fingerprint density at radius 3 is 2.42 bits per heavy atom. The largest absolute Gasteiger partial charge is 0.493 e. The maximum absolute atomic E-state index is 12.7. The summed E-state index contributed by atoms with van der Waals surface area (Å²) in [6.07, 6.45) is 1.64. The topological polar surface area (TPSA) is 84.9 Å². The van der Waals surface area contributed by atoms with Crippen LogP contribution in [0.1, 0.15) is 28.4 Å². The molecule has 2 aromatic carbocycles. The molecule has 26 heavy (non-hydrogen) atoms. The number of carboxylic acids is 1. The van der Waals surface area contributed by atoms with E-state index in [1.807, 2.05) is 18.4 Å². The van der Waals surface area contributed by atoms with Crippen LogP contribution in [-0.4, -0.2) is 37.5 Å². The number of thioether (sulfide) groups is 1. The molecule has 0 saturated heterocycles. The second kappa shape index (κ2) is 9.15. The van der Waals surface area contributed by atoms with Crippen molar-refractivity contribution in [2.45, 2.75) is 17.4 Å². The highest BCUT2D eigenvalue weighted by Crippen LogP contribution is 2.31. The molecule has 0 fully saturated rings. The van der Waals surface area contributed by atoms with Crippen molar-refractivity contribution in [2.75, 3.05) is 20.5 Å². The SMILES string of the molecule is COc1ccc(C(CC(=O)O)NC(=O)c2ccccc2SC)cc1OC. The summed E-state index contributed by atoms with van der Waals surface area (Å²) in [7, 11) is 3.02. The fourth-order valence-electron chi connectivity index (χ4n) is 2.56. The number of aliphatic carboxylic acids is 1. The van der Waals surface area contributed by atoms with Gasteiger partial charge in [0.25, 0.3) is 5.91 Å². The van der Waals surface area contributed by atoms with Crippen LogP contribution in [0.25, 0.3) is 0 Å². The molecule has 0 aliphatic carbocycles. The lowest BCUT2D eigenvalue weighted by Crippen LogP contribution is -2.30. The van der Waals surface area contributed by atoms with Crippen molar-refractivity contribution in [3.8, 4) is 11.5 Å². The molecular formula is C19H21NO5S. The van der Waals surface area contributed by atoms with Crippen molar-refractivity contribution in [3.63, 3.8) is 0 Å². The van der Waals surface area contributed by atoms with Gasteiger partial charge in [-0.2, -0.15) is 0 Å². The van der Waals surface area contributed by atoms with Crippen molar-refractivity contribution in [3.05, 3.63) is 53.6 Å².